The maximum absolute atomic E-state index is 8.64. The van der Waals surface area contributed by atoms with Gasteiger partial charge in [-0.2, -0.15) is 0 Å². The molecular formula is C45H28BN3S2. The van der Waals surface area contributed by atoms with Gasteiger partial charge in [0, 0.05) is 36.3 Å². The summed E-state index contributed by atoms with van der Waals surface area (Å²) in [5, 5.41) is 0. The molecule has 0 amide bonds. The third-order valence-corrected chi connectivity index (χ3v) is 11.6. The van der Waals surface area contributed by atoms with Gasteiger partial charge in [0.15, 0.2) is 17.5 Å². The van der Waals surface area contributed by atoms with E-state index in [4.69, 9.17) is 16.8 Å². The van der Waals surface area contributed by atoms with Crippen LogP contribution in [0, 0.1) is 0 Å². The summed E-state index contributed by atoms with van der Waals surface area (Å²) in [6.07, 6.45) is 0. The molecule has 51 heavy (non-hydrogen) atoms. The van der Waals surface area contributed by atoms with Gasteiger partial charge in [-0.3, -0.25) is 0 Å². The molecule has 0 radical (unpaired) electrons. The van der Waals surface area contributed by atoms with Crippen LogP contribution in [0.15, 0.2) is 189 Å². The van der Waals surface area contributed by atoms with Gasteiger partial charge in [0.25, 0.3) is 0 Å². The van der Waals surface area contributed by atoms with E-state index in [-0.39, 0.29) is 30.2 Å². The van der Waals surface area contributed by atoms with E-state index >= 15 is 0 Å². The lowest BCUT2D eigenvalue weighted by atomic mass is 9.36. The van der Waals surface area contributed by atoms with Crippen molar-refractivity contribution >= 4 is 46.6 Å². The molecule has 0 N–H and O–H groups in total. The molecule has 0 saturated carbocycles. The van der Waals surface area contributed by atoms with Crippen molar-refractivity contribution in [1.82, 2.24) is 15.0 Å². The summed E-state index contributed by atoms with van der Waals surface area (Å²) < 4.78 is 41.9. The zero-order valence-corrected chi connectivity index (χ0v) is 28.6. The van der Waals surface area contributed by atoms with E-state index in [2.05, 4.69) is 96.0 Å². The fraction of sp³-hybridized carbons (Fsp3) is 0. The summed E-state index contributed by atoms with van der Waals surface area (Å²) in [5.41, 5.74) is 9.71. The van der Waals surface area contributed by atoms with Gasteiger partial charge in [-0.05, 0) is 64.1 Å². The first-order valence-corrected chi connectivity index (χ1v) is 18.3. The van der Waals surface area contributed by atoms with E-state index in [0.29, 0.717) is 22.8 Å². The van der Waals surface area contributed by atoms with Gasteiger partial charge in [0.05, 0.1) is 6.85 Å². The van der Waals surface area contributed by atoms with Crippen molar-refractivity contribution in [2.45, 2.75) is 19.6 Å². The van der Waals surface area contributed by atoms with Crippen molar-refractivity contribution in [3.63, 3.8) is 0 Å². The lowest BCUT2D eigenvalue weighted by molar-refractivity contribution is 1.07. The second-order valence-electron chi connectivity index (χ2n) is 12.4. The molecule has 10 rings (SSSR count). The van der Waals surface area contributed by atoms with Gasteiger partial charge >= 0.3 is 0 Å². The lowest BCUT2D eigenvalue weighted by Crippen LogP contribution is -2.57. The molecule has 6 heteroatoms. The van der Waals surface area contributed by atoms with Crippen LogP contribution in [-0.2, 0) is 0 Å². The molecular weight excluding hydrogens is 657 g/mol. The first kappa shape index (κ1) is 25.3. The Morgan fingerprint density at radius 1 is 0.392 bits per heavy atom. The van der Waals surface area contributed by atoms with E-state index < -0.39 is 18.1 Å². The maximum Gasteiger partial charge on any atom is 0.247 e. The highest BCUT2D eigenvalue weighted by Gasteiger charge is 2.38. The minimum atomic E-state index is -0.469. The van der Waals surface area contributed by atoms with Gasteiger partial charge < -0.3 is 0 Å². The van der Waals surface area contributed by atoms with Crippen LogP contribution in [0.5, 0.6) is 0 Å². The Kier molecular flexibility index (Phi) is 6.24. The Balaban J connectivity index is 1.06. The molecule has 0 unspecified atom stereocenters. The third kappa shape index (κ3) is 5.48. The fourth-order valence-electron chi connectivity index (χ4n) is 6.97. The number of benzene rings is 7. The Hall–Kier alpha value is -5.69. The van der Waals surface area contributed by atoms with Crippen molar-refractivity contribution < 1.29 is 6.85 Å². The summed E-state index contributed by atoms with van der Waals surface area (Å²) in [5.74, 6) is 0.680. The second kappa shape index (κ2) is 12.6. The van der Waals surface area contributed by atoms with Crippen molar-refractivity contribution in [2.24, 2.45) is 0 Å². The number of hydrogen-bond donors (Lipinski definition) is 0. The summed E-state index contributed by atoms with van der Waals surface area (Å²) in [4.78, 5) is 19.4. The molecule has 238 valence electrons. The molecule has 0 bridgehead atoms. The number of aromatic nitrogens is 3. The SMILES string of the molecule is [2H]c1c([2H])c([2H])c(-c2nc(-c3ccccc3)nc(-c3cccc(-c4cccc(-c5cc6c7c(c5)Sc5ccccc5B7c5ccccc5S6)c4)c3)n2)c([2H])c1[2H]. The summed E-state index contributed by atoms with van der Waals surface area (Å²) in [7, 11) is 0. The van der Waals surface area contributed by atoms with Crippen LogP contribution in [0.3, 0.4) is 0 Å². The Morgan fingerprint density at radius 2 is 0.863 bits per heavy atom. The van der Waals surface area contributed by atoms with Crippen LogP contribution in [0.1, 0.15) is 6.85 Å². The standard InChI is InChI=1S/C45H28BN3S2/c1-3-13-29(14-4-1)43-47-44(30-15-5-2-6-16-30)49-45(48-43)34-20-12-18-32(26-34)31-17-11-19-33(25-31)35-27-40-42-41(28-35)51-39-24-10-8-22-37(39)46(42)36-21-7-9-23-38(36)50-40/h1-28H/i1D,3D,4D,13D,14D. The molecule has 8 aromatic rings. The number of nitrogens with zero attached hydrogens (tertiary/aromatic N) is 3. The highest BCUT2D eigenvalue weighted by Crippen LogP contribution is 2.41. The zero-order chi connectivity index (χ0) is 38.1. The smallest absolute Gasteiger partial charge is 0.208 e. The average Bonchev–Trinajstić information content (AvgIpc) is 3.25. The highest BCUT2D eigenvalue weighted by molar-refractivity contribution is 8.01. The van der Waals surface area contributed by atoms with Gasteiger partial charge in [0.2, 0.25) is 6.71 Å². The van der Waals surface area contributed by atoms with Gasteiger partial charge in [0.1, 0.15) is 0 Å². The minimum absolute atomic E-state index is 0.0119. The molecule has 0 atom stereocenters. The molecule has 3 heterocycles. The molecule has 7 aromatic carbocycles. The van der Waals surface area contributed by atoms with Crippen molar-refractivity contribution in [3.05, 3.63) is 170 Å². The average molecular weight is 691 g/mol. The normalized spacial score (nSPS) is 13.9. The first-order chi connectivity index (χ1) is 27.3. The largest absolute Gasteiger partial charge is 0.247 e. The monoisotopic (exact) mass is 690 g/mol. The molecule has 1 aromatic heterocycles. The van der Waals surface area contributed by atoms with E-state index in [1.807, 2.05) is 72.1 Å². The van der Waals surface area contributed by atoms with E-state index in [0.717, 1.165) is 22.3 Å². The topological polar surface area (TPSA) is 38.7 Å². The van der Waals surface area contributed by atoms with E-state index in [9.17, 15) is 0 Å². The van der Waals surface area contributed by atoms with E-state index in [1.165, 1.54) is 36.0 Å². The first-order valence-electron chi connectivity index (χ1n) is 19.1. The second-order valence-corrected chi connectivity index (χ2v) is 14.6. The summed E-state index contributed by atoms with van der Waals surface area (Å²) in [6.45, 7) is 0.205. The van der Waals surface area contributed by atoms with Crippen molar-refractivity contribution in [1.29, 1.82) is 0 Å². The van der Waals surface area contributed by atoms with Crippen LogP contribution < -0.4 is 16.4 Å². The Labute approximate surface area is 313 Å². The van der Waals surface area contributed by atoms with Crippen molar-refractivity contribution in [2.75, 3.05) is 0 Å². The maximum atomic E-state index is 8.64. The quantitative estimate of drug-likeness (QED) is 0.168. The summed E-state index contributed by atoms with van der Waals surface area (Å²) >= 11 is 3.70. The fourth-order valence-corrected chi connectivity index (χ4v) is 9.46. The van der Waals surface area contributed by atoms with Crippen LogP contribution in [0.2, 0.25) is 0 Å². The van der Waals surface area contributed by atoms with Crippen LogP contribution in [-0.4, -0.2) is 21.7 Å². The Bertz CT molecular complexity index is 2810. The predicted molar refractivity (Wildman–Crippen MR) is 213 cm³/mol. The number of fused-ring (bicyclic) bond motifs is 4. The molecule has 2 aliphatic heterocycles. The van der Waals surface area contributed by atoms with Crippen LogP contribution >= 0.6 is 23.5 Å². The molecule has 0 aliphatic carbocycles. The van der Waals surface area contributed by atoms with Gasteiger partial charge in [-0.1, -0.05) is 168 Å². The molecule has 3 nitrogen and oxygen atoms in total. The van der Waals surface area contributed by atoms with Crippen molar-refractivity contribution in [3.8, 4) is 56.4 Å². The zero-order valence-electron chi connectivity index (χ0n) is 32.0. The predicted octanol–water partition coefficient (Wildman–Crippen LogP) is 9.65. The molecule has 0 spiro atoms. The lowest BCUT2D eigenvalue weighted by Gasteiger charge is -2.33. The summed E-state index contributed by atoms with van der Waals surface area (Å²) in [6, 6.07) is 46.0. The Morgan fingerprint density at radius 3 is 1.49 bits per heavy atom. The van der Waals surface area contributed by atoms with Gasteiger partial charge in [-0.25, -0.2) is 15.0 Å². The van der Waals surface area contributed by atoms with Crippen LogP contribution in [0.4, 0.5) is 0 Å². The van der Waals surface area contributed by atoms with Crippen LogP contribution in [0.25, 0.3) is 56.4 Å². The number of rotatable bonds is 5. The van der Waals surface area contributed by atoms with E-state index in [1.54, 1.807) is 0 Å². The molecule has 0 fully saturated rings. The minimum Gasteiger partial charge on any atom is -0.208 e. The third-order valence-electron chi connectivity index (χ3n) is 9.33. The molecule has 2 aliphatic rings. The van der Waals surface area contributed by atoms with Gasteiger partial charge in [-0.15, -0.1) is 0 Å². The number of hydrogen-bond acceptors (Lipinski definition) is 5. The molecule has 0 saturated heterocycles. The highest BCUT2D eigenvalue weighted by atomic mass is 32.2.